The summed E-state index contributed by atoms with van der Waals surface area (Å²) in [5.74, 6) is -0.613. The second-order valence-electron chi connectivity index (χ2n) is 4.63. The molecule has 1 aromatic heterocycles. The van der Waals surface area contributed by atoms with Crippen molar-refractivity contribution in [3.8, 4) is 0 Å². The Morgan fingerprint density at radius 3 is 2.50 bits per heavy atom. The van der Waals surface area contributed by atoms with Crippen LogP contribution in [0.25, 0.3) is 0 Å². The van der Waals surface area contributed by atoms with Crippen molar-refractivity contribution < 1.29 is 18.3 Å². The minimum Gasteiger partial charge on any atom is -0.477 e. The summed E-state index contributed by atoms with van der Waals surface area (Å²) in [5.41, 5.74) is -0.146. The molecule has 0 spiro atoms. The number of H-pyrrole nitrogens is 1. The first-order valence-corrected chi connectivity index (χ1v) is 7.13. The third-order valence-electron chi connectivity index (χ3n) is 2.93. The SMILES string of the molecule is CC(C)C(C)CNS(=O)(=O)c1c[nH]c(C(=O)O)c1. The molecule has 0 aliphatic carbocycles. The summed E-state index contributed by atoms with van der Waals surface area (Å²) >= 11 is 0. The zero-order valence-electron chi connectivity index (χ0n) is 10.6. The number of hydrogen-bond acceptors (Lipinski definition) is 3. The number of hydrogen-bond donors (Lipinski definition) is 3. The van der Waals surface area contributed by atoms with Crippen molar-refractivity contribution >= 4 is 16.0 Å². The van der Waals surface area contributed by atoms with Crippen molar-refractivity contribution in [2.45, 2.75) is 25.7 Å². The maximum absolute atomic E-state index is 11.9. The van der Waals surface area contributed by atoms with Crippen molar-refractivity contribution in [3.05, 3.63) is 18.0 Å². The molecular weight excluding hydrogens is 256 g/mol. The molecule has 1 heterocycles. The zero-order chi connectivity index (χ0) is 13.9. The van der Waals surface area contributed by atoms with Crippen molar-refractivity contribution in [2.75, 3.05) is 6.54 Å². The van der Waals surface area contributed by atoms with Crippen molar-refractivity contribution in [1.29, 1.82) is 0 Å². The van der Waals surface area contributed by atoms with Crippen LogP contribution in [0, 0.1) is 11.8 Å². The third kappa shape index (κ3) is 3.58. The largest absolute Gasteiger partial charge is 0.477 e. The molecule has 0 fully saturated rings. The number of carboxylic acid groups (broad SMARTS) is 1. The maximum Gasteiger partial charge on any atom is 0.352 e. The van der Waals surface area contributed by atoms with Gasteiger partial charge in [-0.3, -0.25) is 0 Å². The molecule has 0 bridgehead atoms. The van der Waals surface area contributed by atoms with Crippen LogP contribution < -0.4 is 4.72 Å². The molecule has 1 unspecified atom stereocenters. The molecule has 0 aromatic carbocycles. The van der Waals surface area contributed by atoms with Gasteiger partial charge in [0, 0.05) is 12.7 Å². The summed E-state index contributed by atoms with van der Waals surface area (Å²) in [6.07, 6.45) is 1.17. The fourth-order valence-corrected chi connectivity index (χ4v) is 2.35. The van der Waals surface area contributed by atoms with E-state index in [1.165, 1.54) is 6.20 Å². The maximum atomic E-state index is 11.9. The molecule has 0 saturated heterocycles. The molecule has 6 nitrogen and oxygen atoms in total. The van der Waals surface area contributed by atoms with Gasteiger partial charge in [0.05, 0.1) is 0 Å². The number of aromatic carboxylic acids is 1. The standard InChI is InChI=1S/C11H18N2O4S/c1-7(2)8(3)5-13-18(16,17)9-4-10(11(14)15)12-6-9/h4,6-8,12-13H,5H2,1-3H3,(H,14,15). The van der Waals surface area contributed by atoms with Crippen LogP contribution in [-0.2, 0) is 10.0 Å². The minimum atomic E-state index is -3.65. The lowest BCUT2D eigenvalue weighted by atomic mass is 9.99. The van der Waals surface area contributed by atoms with Gasteiger partial charge in [-0.2, -0.15) is 0 Å². The molecule has 1 rings (SSSR count). The Morgan fingerprint density at radius 1 is 1.44 bits per heavy atom. The molecule has 0 radical (unpaired) electrons. The van der Waals surface area contributed by atoms with Gasteiger partial charge in [-0.25, -0.2) is 17.9 Å². The van der Waals surface area contributed by atoms with Gasteiger partial charge in [-0.15, -0.1) is 0 Å². The van der Waals surface area contributed by atoms with E-state index < -0.39 is 16.0 Å². The normalized spacial score (nSPS) is 13.8. The summed E-state index contributed by atoms with van der Waals surface area (Å²) in [4.78, 5) is 13.0. The second kappa shape index (κ2) is 5.53. The topological polar surface area (TPSA) is 99.3 Å². The lowest BCUT2D eigenvalue weighted by molar-refractivity contribution is 0.0691. The van der Waals surface area contributed by atoms with Crippen LogP contribution >= 0.6 is 0 Å². The first kappa shape index (κ1) is 14.7. The van der Waals surface area contributed by atoms with Crippen LogP contribution in [-0.4, -0.2) is 31.0 Å². The Labute approximate surface area is 106 Å². The number of aromatic nitrogens is 1. The molecule has 18 heavy (non-hydrogen) atoms. The first-order chi connectivity index (χ1) is 8.24. The number of nitrogens with one attached hydrogen (secondary N) is 2. The summed E-state index contributed by atoms with van der Waals surface area (Å²) in [5, 5.41) is 8.71. The highest BCUT2D eigenvalue weighted by Gasteiger charge is 2.19. The van der Waals surface area contributed by atoms with E-state index in [2.05, 4.69) is 9.71 Å². The summed E-state index contributed by atoms with van der Waals surface area (Å²) in [7, 11) is -3.65. The predicted molar refractivity (Wildman–Crippen MR) is 66.9 cm³/mol. The number of rotatable bonds is 6. The average molecular weight is 274 g/mol. The summed E-state index contributed by atoms with van der Waals surface area (Å²) in [6.45, 7) is 6.30. The van der Waals surface area contributed by atoms with Crippen LogP contribution in [0.3, 0.4) is 0 Å². The Balaban J connectivity index is 2.77. The zero-order valence-corrected chi connectivity index (χ0v) is 11.4. The van der Waals surface area contributed by atoms with Gasteiger partial charge >= 0.3 is 5.97 Å². The van der Waals surface area contributed by atoms with Crippen molar-refractivity contribution in [1.82, 2.24) is 9.71 Å². The van der Waals surface area contributed by atoms with Crippen LogP contribution in [0.2, 0.25) is 0 Å². The fourth-order valence-electron chi connectivity index (χ4n) is 1.21. The van der Waals surface area contributed by atoms with E-state index in [1.807, 2.05) is 20.8 Å². The van der Waals surface area contributed by atoms with Crippen LogP contribution in [0.15, 0.2) is 17.2 Å². The number of carboxylic acids is 1. The molecule has 0 aliphatic heterocycles. The summed E-state index contributed by atoms with van der Waals surface area (Å²) in [6, 6.07) is 1.10. The van der Waals surface area contributed by atoms with Gasteiger partial charge in [-0.1, -0.05) is 20.8 Å². The van der Waals surface area contributed by atoms with Gasteiger partial charge in [0.2, 0.25) is 10.0 Å². The van der Waals surface area contributed by atoms with E-state index in [0.717, 1.165) is 6.07 Å². The highest BCUT2D eigenvalue weighted by molar-refractivity contribution is 7.89. The molecule has 7 heteroatoms. The van der Waals surface area contributed by atoms with Gasteiger partial charge in [0.1, 0.15) is 10.6 Å². The number of carbonyl (C=O) groups is 1. The van der Waals surface area contributed by atoms with Crippen molar-refractivity contribution in [3.63, 3.8) is 0 Å². The highest BCUT2D eigenvalue weighted by atomic mass is 32.2. The lowest BCUT2D eigenvalue weighted by Crippen LogP contribution is -2.30. The monoisotopic (exact) mass is 274 g/mol. The fraction of sp³-hybridized carbons (Fsp3) is 0.545. The third-order valence-corrected chi connectivity index (χ3v) is 4.33. The molecule has 0 saturated carbocycles. The van der Waals surface area contributed by atoms with Gasteiger partial charge in [0.25, 0.3) is 0 Å². The van der Waals surface area contributed by atoms with E-state index >= 15 is 0 Å². The molecule has 0 amide bonds. The minimum absolute atomic E-state index is 0.0594. The Morgan fingerprint density at radius 2 is 2.06 bits per heavy atom. The molecule has 1 atom stereocenters. The van der Waals surface area contributed by atoms with E-state index in [9.17, 15) is 13.2 Å². The van der Waals surface area contributed by atoms with Gasteiger partial charge in [0.15, 0.2) is 0 Å². The van der Waals surface area contributed by atoms with E-state index in [1.54, 1.807) is 0 Å². The molecule has 3 N–H and O–H groups in total. The average Bonchev–Trinajstić information content (AvgIpc) is 2.75. The Kier molecular flexibility index (Phi) is 4.53. The van der Waals surface area contributed by atoms with E-state index in [-0.39, 0.29) is 16.5 Å². The quantitative estimate of drug-likeness (QED) is 0.727. The molecule has 0 aliphatic rings. The van der Waals surface area contributed by atoms with Crippen LogP contribution in [0.4, 0.5) is 0 Å². The van der Waals surface area contributed by atoms with E-state index in [0.29, 0.717) is 12.5 Å². The Bertz CT molecular complexity index is 519. The van der Waals surface area contributed by atoms with Gasteiger partial charge < -0.3 is 10.1 Å². The highest BCUT2D eigenvalue weighted by Crippen LogP contribution is 2.13. The molecule has 102 valence electrons. The Hall–Kier alpha value is -1.34. The smallest absolute Gasteiger partial charge is 0.352 e. The number of aromatic amines is 1. The van der Waals surface area contributed by atoms with Crippen LogP contribution in [0.1, 0.15) is 31.3 Å². The molecular formula is C11H18N2O4S. The first-order valence-electron chi connectivity index (χ1n) is 5.65. The number of sulfonamides is 1. The van der Waals surface area contributed by atoms with Crippen LogP contribution in [0.5, 0.6) is 0 Å². The lowest BCUT2D eigenvalue weighted by Gasteiger charge is -2.15. The van der Waals surface area contributed by atoms with Crippen molar-refractivity contribution in [2.24, 2.45) is 11.8 Å². The van der Waals surface area contributed by atoms with Gasteiger partial charge in [-0.05, 0) is 17.9 Å². The van der Waals surface area contributed by atoms with E-state index in [4.69, 9.17) is 5.11 Å². The summed E-state index contributed by atoms with van der Waals surface area (Å²) < 4.78 is 26.2. The predicted octanol–water partition coefficient (Wildman–Crippen LogP) is 1.28. The molecule has 1 aromatic rings. The second-order valence-corrected chi connectivity index (χ2v) is 6.39.